The predicted octanol–water partition coefficient (Wildman–Crippen LogP) is -2.67. The molecule has 2 nitrogen and oxygen atoms in total. The van der Waals surface area contributed by atoms with Crippen molar-refractivity contribution in [2.45, 2.75) is 0 Å². The second-order valence-electron chi connectivity index (χ2n) is 0. The molecular formula is CH6NNaO. The molecule has 0 fully saturated rings. The minimum absolute atomic E-state index is 0. The van der Waals surface area contributed by atoms with Gasteiger partial charge in [-0.1, -0.05) is 0 Å². The Labute approximate surface area is 48.1 Å². The van der Waals surface area contributed by atoms with Crippen LogP contribution in [0.4, 0.5) is 0 Å². The summed E-state index contributed by atoms with van der Waals surface area (Å²) in [5, 5.41) is 7.00. The van der Waals surface area contributed by atoms with Gasteiger partial charge >= 0.3 is 29.6 Å². The molecule has 0 bridgehead atoms. The molecule has 0 spiro atoms. The van der Waals surface area contributed by atoms with E-state index in [1.165, 1.54) is 0 Å². The maximum atomic E-state index is 7.00. The molecule has 0 saturated carbocycles. The summed E-state index contributed by atoms with van der Waals surface area (Å²) in [6.07, 6.45) is 0. The normalized spacial score (nSPS) is 1.50. The SMILES string of the molecule is CO.[NH2-].[Na+]. The van der Waals surface area contributed by atoms with Gasteiger partial charge in [-0.3, -0.25) is 0 Å². The molecule has 4 heavy (non-hydrogen) atoms. The molecule has 0 unspecified atom stereocenters. The zero-order valence-corrected chi connectivity index (χ0v) is 5.02. The average Bonchev–Trinajstić information content (AvgIpc) is 1.00. The largest absolute Gasteiger partial charge is 1.00 e. The molecule has 0 amide bonds. The Morgan fingerprint density at radius 3 is 1.25 bits per heavy atom. The van der Waals surface area contributed by atoms with E-state index in [-0.39, 0.29) is 35.7 Å². The van der Waals surface area contributed by atoms with E-state index in [1.807, 2.05) is 0 Å². The Kier molecular flexibility index (Phi) is 202. The molecule has 0 radical (unpaired) electrons. The van der Waals surface area contributed by atoms with Crippen LogP contribution in [-0.4, -0.2) is 12.2 Å². The second kappa shape index (κ2) is 39.5. The zero-order chi connectivity index (χ0) is 2.00. The van der Waals surface area contributed by atoms with E-state index in [9.17, 15) is 0 Å². The first-order valence-corrected chi connectivity index (χ1v) is 0.447. The fourth-order valence-corrected chi connectivity index (χ4v) is 0. The van der Waals surface area contributed by atoms with E-state index < -0.39 is 0 Å². The molecular weight excluding hydrogens is 65.0 g/mol. The molecule has 0 saturated heterocycles. The molecule has 0 heterocycles. The maximum Gasteiger partial charge on any atom is 1.00 e. The van der Waals surface area contributed by atoms with Gasteiger partial charge in [-0.25, -0.2) is 0 Å². The molecule has 0 rings (SSSR count). The molecule has 0 aliphatic carbocycles. The third kappa shape index (κ3) is 12.7. The number of nitrogens with two attached hydrogens (primary N) is 1. The molecule has 22 valence electrons. The van der Waals surface area contributed by atoms with Gasteiger partial charge in [-0.05, 0) is 0 Å². The molecule has 0 aromatic heterocycles. The number of hydrogen-bond donors (Lipinski definition) is 1. The summed E-state index contributed by atoms with van der Waals surface area (Å²) in [6, 6.07) is 0. The van der Waals surface area contributed by atoms with Crippen LogP contribution in [0.5, 0.6) is 0 Å². The van der Waals surface area contributed by atoms with E-state index in [1.54, 1.807) is 0 Å². The van der Waals surface area contributed by atoms with Gasteiger partial charge in [0.05, 0.1) is 0 Å². The molecule has 3 N–H and O–H groups in total. The molecule has 0 aliphatic rings. The minimum Gasteiger partial charge on any atom is -0.693 e. The number of hydrogen-bond acceptors (Lipinski definition) is 1. The van der Waals surface area contributed by atoms with E-state index in [2.05, 4.69) is 0 Å². The standard InChI is InChI=1S/CH4O.H2N.Na/c1-2;;/h2H,1H3;1H2;/q;-1;+1. The smallest absolute Gasteiger partial charge is 0.693 e. The summed E-state index contributed by atoms with van der Waals surface area (Å²) in [6.45, 7) is 0. The van der Waals surface area contributed by atoms with E-state index >= 15 is 0 Å². The van der Waals surface area contributed by atoms with Gasteiger partial charge < -0.3 is 11.3 Å². The van der Waals surface area contributed by atoms with Crippen LogP contribution in [0.25, 0.3) is 6.15 Å². The fourth-order valence-electron chi connectivity index (χ4n) is 0. The molecule has 0 aliphatic heterocycles. The van der Waals surface area contributed by atoms with Crippen LogP contribution in [0.1, 0.15) is 0 Å². The van der Waals surface area contributed by atoms with Gasteiger partial charge in [0.2, 0.25) is 0 Å². The van der Waals surface area contributed by atoms with Gasteiger partial charge in [0.15, 0.2) is 0 Å². The Morgan fingerprint density at radius 2 is 1.25 bits per heavy atom. The van der Waals surface area contributed by atoms with Gasteiger partial charge in [0.1, 0.15) is 0 Å². The summed E-state index contributed by atoms with van der Waals surface area (Å²) in [4.78, 5) is 0. The van der Waals surface area contributed by atoms with Crippen molar-refractivity contribution in [1.29, 1.82) is 0 Å². The van der Waals surface area contributed by atoms with Crippen molar-refractivity contribution in [2.75, 3.05) is 7.11 Å². The zero-order valence-electron chi connectivity index (χ0n) is 3.02. The van der Waals surface area contributed by atoms with E-state index in [0.717, 1.165) is 7.11 Å². The predicted molar refractivity (Wildman–Crippen MR) is 13.4 cm³/mol. The summed E-state index contributed by atoms with van der Waals surface area (Å²) in [5.74, 6) is 0. The van der Waals surface area contributed by atoms with Gasteiger partial charge in [-0.15, -0.1) is 0 Å². The van der Waals surface area contributed by atoms with Crippen molar-refractivity contribution in [3.63, 3.8) is 0 Å². The minimum atomic E-state index is 0. The maximum absolute atomic E-state index is 7.00. The van der Waals surface area contributed by atoms with Crippen LogP contribution in [-0.2, 0) is 0 Å². The van der Waals surface area contributed by atoms with Crippen molar-refractivity contribution in [2.24, 2.45) is 0 Å². The number of aliphatic hydroxyl groups excluding tert-OH is 1. The first-order valence-electron chi connectivity index (χ1n) is 0.447. The summed E-state index contributed by atoms with van der Waals surface area (Å²) in [7, 11) is 1.00. The average molecular weight is 71.1 g/mol. The van der Waals surface area contributed by atoms with E-state index in [0.29, 0.717) is 0 Å². The quantitative estimate of drug-likeness (QED) is 0.311. The monoisotopic (exact) mass is 71.0 g/mol. The van der Waals surface area contributed by atoms with Gasteiger partial charge in [0, 0.05) is 7.11 Å². The molecule has 0 atom stereocenters. The van der Waals surface area contributed by atoms with Crippen LogP contribution >= 0.6 is 0 Å². The first kappa shape index (κ1) is 20.5. The van der Waals surface area contributed by atoms with Crippen LogP contribution < -0.4 is 29.6 Å². The van der Waals surface area contributed by atoms with Crippen molar-refractivity contribution >= 4 is 0 Å². The molecule has 0 aromatic carbocycles. The second-order valence-corrected chi connectivity index (χ2v) is 0. The van der Waals surface area contributed by atoms with Crippen molar-refractivity contribution < 1.29 is 34.7 Å². The Morgan fingerprint density at radius 1 is 1.25 bits per heavy atom. The van der Waals surface area contributed by atoms with Gasteiger partial charge in [-0.2, -0.15) is 0 Å². The summed E-state index contributed by atoms with van der Waals surface area (Å²) >= 11 is 0. The number of aliphatic hydroxyl groups is 1. The molecule has 3 heteroatoms. The van der Waals surface area contributed by atoms with Crippen molar-refractivity contribution in [3.8, 4) is 0 Å². The third-order valence-electron chi connectivity index (χ3n) is 0. The van der Waals surface area contributed by atoms with Crippen LogP contribution in [0, 0.1) is 0 Å². The Bertz CT molecular complexity index is 8.00. The van der Waals surface area contributed by atoms with Crippen molar-refractivity contribution in [1.82, 2.24) is 0 Å². The molecule has 0 aromatic rings. The fraction of sp³-hybridized carbons (Fsp3) is 1.00. The Hall–Kier alpha value is 0.920. The third-order valence-corrected chi connectivity index (χ3v) is 0. The topological polar surface area (TPSA) is 53.7 Å². The summed E-state index contributed by atoms with van der Waals surface area (Å²) < 4.78 is 0. The van der Waals surface area contributed by atoms with Crippen LogP contribution in [0.2, 0.25) is 0 Å². The number of rotatable bonds is 0. The van der Waals surface area contributed by atoms with Gasteiger partial charge in [0.25, 0.3) is 0 Å². The van der Waals surface area contributed by atoms with Crippen molar-refractivity contribution in [3.05, 3.63) is 6.15 Å². The Balaban J connectivity index is -0.00000000500. The van der Waals surface area contributed by atoms with Crippen LogP contribution in [0.15, 0.2) is 0 Å². The van der Waals surface area contributed by atoms with Crippen LogP contribution in [0.3, 0.4) is 0 Å². The first-order chi connectivity index (χ1) is 1.00. The van der Waals surface area contributed by atoms with E-state index in [4.69, 9.17) is 5.11 Å². The summed E-state index contributed by atoms with van der Waals surface area (Å²) in [5.41, 5.74) is 0.